The third-order valence-corrected chi connectivity index (χ3v) is 6.37. The lowest BCUT2D eigenvalue weighted by Gasteiger charge is -2.17. The average Bonchev–Trinajstić information content (AvgIpc) is 3.29. The molecule has 1 unspecified atom stereocenters. The van der Waals surface area contributed by atoms with Crippen LogP contribution in [0.3, 0.4) is 0 Å². The monoisotopic (exact) mass is 396 g/mol. The van der Waals surface area contributed by atoms with Gasteiger partial charge in [-0.15, -0.1) is 0 Å². The highest BCUT2D eigenvalue weighted by Gasteiger charge is 2.22. The average molecular weight is 397 g/mol. The molecule has 6 heteroatoms. The molecule has 0 bridgehead atoms. The van der Waals surface area contributed by atoms with Gasteiger partial charge in [-0.3, -0.25) is 5.43 Å². The van der Waals surface area contributed by atoms with E-state index in [9.17, 15) is 0 Å². The fraction of sp³-hybridized carbons (Fsp3) is 0.455. The van der Waals surface area contributed by atoms with Crippen molar-refractivity contribution in [3.63, 3.8) is 0 Å². The van der Waals surface area contributed by atoms with E-state index >= 15 is 0 Å². The highest BCUT2D eigenvalue weighted by atomic mass is 32.2. The number of hydrogen-bond acceptors (Lipinski definition) is 4. The lowest BCUT2D eigenvalue weighted by atomic mass is 10.1. The minimum Gasteiger partial charge on any atom is -0.376 e. The normalized spacial score (nSPS) is 21.1. The van der Waals surface area contributed by atoms with Gasteiger partial charge in [-0.1, -0.05) is 29.5 Å². The number of hydrazone groups is 1. The molecule has 0 spiro atoms. The van der Waals surface area contributed by atoms with Gasteiger partial charge in [-0.2, -0.15) is 5.10 Å². The van der Waals surface area contributed by atoms with E-state index in [-0.39, 0.29) is 0 Å². The molecule has 1 aromatic heterocycles. The lowest BCUT2D eigenvalue weighted by Crippen LogP contribution is -2.25. The minimum absolute atomic E-state index is 0.343. The van der Waals surface area contributed by atoms with Crippen LogP contribution in [0.15, 0.2) is 34.4 Å². The fourth-order valence-electron chi connectivity index (χ4n) is 3.92. The molecule has 0 saturated carbocycles. The predicted molar refractivity (Wildman–Crippen MR) is 118 cm³/mol. The van der Waals surface area contributed by atoms with Gasteiger partial charge in [0.05, 0.1) is 17.5 Å². The molecule has 148 valence electrons. The van der Waals surface area contributed by atoms with Crippen LogP contribution in [0.5, 0.6) is 0 Å². The molecule has 4 rings (SSSR count). The predicted octanol–water partition coefficient (Wildman–Crippen LogP) is 4.63. The van der Waals surface area contributed by atoms with Crippen LogP contribution in [-0.2, 0) is 11.3 Å². The molecule has 2 aliphatic heterocycles. The molecule has 2 aromatic rings. The van der Waals surface area contributed by atoms with Crippen molar-refractivity contribution < 1.29 is 4.74 Å². The van der Waals surface area contributed by atoms with Crippen molar-refractivity contribution in [2.45, 2.75) is 53.2 Å². The fourth-order valence-corrected chi connectivity index (χ4v) is 4.68. The number of aromatic nitrogens is 1. The van der Waals surface area contributed by atoms with Crippen LogP contribution in [0, 0.1) is 27.7 Å². The van der Waals surface area contributed by atoms with Crippen LogP contribution in [0.25, 0.3) is 0 Å². The number of nitrogens with zero attached hydrogens (tertiary/aromatic N) is 3. The Morgan fingerprint density at radius 3 is 2.79 bits per heavy atom. The van der Waals surface area contributed by atoms with Crippen molar-refractivity contribution in [3.05, 3.63) is 52.3 Å². The summed E-state index contributed by atoms with van der Waals surface area (Å²) < 4.78 is 8.20. The van der Waals surface area contributed by atoms with Crippen molar-refractivity contribution in [2.24, 2.45) is 10.1 Å². The van der Waals surface area contributed by atoms with Crippen LogP contribution in [0.4, 0.5) is 5.69 Å². The Labute approximate surface area is 171 Å². The molecule has 0 amide bonds. The number of thioether (sulfide) groups is 1. The summed E-state index contributed by atoms with van der Waals surface area (Å²) in [6.07, 6.45) is 2.67. The molecule has 1 aromatic carbocycles. The summed E-state index contributed by atoms with van der Waals surface area (Å²) in [6, 6.07) is 8.57. The Balaban J connectivity index is 1.51. The van der Waals surface area contributed by atoms with Gasteiger partial charge < -0.3 is 9.30 Å². The zero-order valence-electron chi connectivity index (χ0n) is 17.1. The summed E-state index contributed by atoms with van der Waals surface area (Å²) in [5, 5.41) is 5.49. The van der Waals surface area contributed by atoms with Gasteiger partial charge >= 0.3 is 0 Å². The second kappa shape index (κ2) is 8.13. The van der Waals surface area contributed by atoms with Crippen molar-refractivity contribution in [3.8, 4) is 0 Å². The van der Waals surface area contributed by atoms with Gasteiger partial charge in [0.1, 0.15) is 0 Å². The minimum atomic E-state index is 0.343. The first-order valence-corrected chi connectivity index (χ1v) is 10.9. The Hall–Kier alpha value is -2.05. The second-order valence-electron chi connectivity index (χ2n) is 7.70. The van der Waals surface area contributed by atoms with Gasteiger partial charge in [-0.25, -0.2) is 4.99 Å². The SMILES string of the molecule is Cc1ccc(N=C2NN=C(c3cc(C)n(CC4CCCO4)c3C)CS2)c(C)c1. The number of aryl methyl sites for hydroxylation is 3. The molecule has 1 atom stereocenters. The first kappa shape index (κ1) is 19.3. The second-order valence-corrected chi connectivity index (χ2v) is 8.66. The number of nitrogens with one attached hydrogen (secondary N) is 1. The summed E-state index contributed by atoms with van der Waals surface area (Å²) in [7, 11) is 0. The maximum Gasteiger partial charge on any atom is 0.182 e. The number of benzene rings is 1. The summed E-state index contributed by atoms with van der Waals surface area (Å²) in [6.45, 7) is 10.4. The van der Waals surface area contributed by atoms with E-state index in [0.717, 1.165) is 41.9 Å². The van der Waals surface area contributed by atoms with Gasteiger partial charge in [0.25, 0.3) is 0 Å². The van der Waals surface area contributed by atoms with Crippen LogP contribution < -0.4 is 5.43 Å². The maximum atomic E-state index is 5.83. The molecule has 1 N–H and O–H groups in total. The van der Waals surface area contributed by atoms with Crippen LogP contribution in [0.2, 0.25) is 0 Å². The highest BCUT2D eigenvalue weighted by Crippen LogP contribution is 2.25. The molecule has 3 heterocycles. The largest absolute Gasteiger partial charge is 0.376 e. The van der Waals surface area contributed by atoms with E-state index in [4.69, 9.17) is 9.73 Å². The van der Waals surface area contributed by atoms with E-state index in [1.807, 2.05) is 0 Å². The molecule has 0 aliphatic carbocycles. The Kier molecular flexibility index (Phi) is 5.60. The quantitative estimate of drug-likeness (QED) is 0.820. The van der Waals surface area contributed by atoms with E-state index < -0.39 is 0 Å². The van der Waals surface area contributed by atoms with Crippen LogP contribution in [-0.4, -0.2) is 33.9 Å². The zero-order chi connectivity index (χ0) is 19.7. The zero-order valence-corrected chi connectivity index (χ0v) is 17.9. The molecular weight excluding hydrogens is 368 g/mol. The molecule has 0 radical (unpaired) electrons. The molecule has 28 heavy (non-hydrogen) atoms. The standard InChI is InChI=1S/C22H28N4OS/c1-14-7-8-20(15(2)10-14)23-22-25-24-21(13-28-22)19-11-16(3)26(17(19)4)12-18-6-5-9-27-18/h7-8,10-11,18H,5-6,9,12-13H2,1-4H3,(H,23,25). The van der Waals surface area contributed by atoms with Gasteiger partial charge in [0.2, 0.25) is 0 Å². The van der Waals surface area contributed by atoms with Gasteiger partial charge in [-0.05, 0) is 58.2 Å². The number of amidine groups is 1. The van der Waals surface area contributed by atoms with Gasteiger partial charge in [0.15, 0.2) is 5.17 Å². The first-order chi connectivity index (χ1) is 13.5. The van der Waals surface area contributed by atoms with E-state index in [0.29, 0.717) is 6.10 Å². The number of aliphatic imine (C=N–C) groups is 1. The maximum absolute atomic E-state index is 5.83. The third-order valence-electron chi connectivity index (χ3n) is 5.50. The highest BCUT2D eigenvalue weighted by molar-refractivity contribution is 8.14. The van der Waals surface area contributed by atoms with Crippen LogP contribution in [0.1, 0.15) is 40.9 Å². The van der Waals surface area contributed by atoms with E-state index in [1.165, 1.54) is 34.5 Å². The number of hydrogen-bond donors (Lipinski definition) is 1. The molecule has 5 nitrogen and oxygen atoms in total. The summed E-state index contributed by atoms with van der Waals surface area (Å²) in [4.78, 5) is 4.74. The van der Waals surface area contributed by atoms with Gasteiger partial charge in [0, 0.05) is 35.9 Å². The smallest absolute Gasteiger partial charge is 0.182 e. The van der Waals surface area contributed by atoms with Crippen molar-refractivity contribution in [1.82, 2.24) is 9.99 Å². The summed E-state index contributed by atoms with van der Waals surface area (Å²) >= 11 is 1.70. The third kappa shape index (κ3) is 4.03. The first-order valence-electron chi connectivity index (χ1n) is 9.91. The molecule has 2 aliphatic rings. The van der Waals surface area contributed by atoms with Crippen molar-refractivity contribution in [1.29, 1.82) is 0 Å². The van der Waals surface area contributed by atoms with Crippen molar-refractivity contribution in [2.75, 3.05) is 12.4 Å². The Bertz CT molecular complexity index is 938. The molecular formula is C22H28N4OS. The Morgan fingerprint density at radius 2 is 2.11 bits per heavy atom. The van der Waals surface area contributed by atoms with Crippen molar-refractivity contribution >= 4 is 28.3 Å². The Morgan fingerprint density at radius 1 is 1.25 bits per heavy atom. The topological polar surface area (TPSA) is 50.9 Å². The number of ether oxygens (including phenoxy) is 1. The molecule has 1 fully saturated rings. The summed E-state index contributed by atoms with van der Waals surface area (Å²) in [5.41, 5.74) is 11.4. The van der Waals surface area contributed by atoms with E-state index in [1.54, 1.807) is 11.8 Å². The summed E-state index contributed by atoms with van der Waals surface area (Å²) in [5.74, 6) is 0.820. The van der Waals surface area contributed by atoms with E-state index in [2.05, 4.69) is 67.1 Å². The molecule has 1 saturated heterocycles. The lowest BCUT2D eigenvalue weighted by molar-refractivity contribution is 0.0962. The number of rotatable bonds is 4. The van der Waals surface area contributed by atoms with Crippen LogP contribution >= 0.6 is 11.8 Å².